The van der Waals surface area contributed by atoms with Gasteiger partial charge < -0.3 is 5.11 Å². The third-order valence-corrected chi connectivity index (χ3v) is 3.67. The molecule has 18 heavy (non-hydrogen) atoms. The fourth-order valence-electron chi connectivity index (χ4n) is 1.68. The van der Waals surface area contributed by atoms with Crippen LogP contribution in [0.2, 0.25) is 0 Å². The number of nitrogens with zero attached hydrogens (tertiary/aromatic N) is 2. The first kappa shape index (κ1) is 12.8. The van der Waals surface area contributed by atoms with Crippen molar-refractivity contribution < 1.29 is 10.0 Å². The topological polar surface area (TPSA) is 76.3 Å². The maximum Gasteiger partial charge on any atom is 0.277 e. The number of rotatable bonds is 5. The smallest absolute Gasteiger partial charge is 0.277 e. The number of hydrogen-bond donors (Lipinski definition) is 1. The second kappa shape index (κ2) is 5.79. The lowest BCUT2D eigenvalue weighted by Crippen LogP contribution is -1.92. The van der Waals surface area contributed by atoms with Crippen LogP contribution in [0.5, 0.6) is 0 Å². The van der Waals surface area contributed by atoms with Crippen molar-refractivity contribution >= 4 is 28.2 Å². The van der Waals surface area contributed by atoms with Gasteiger partial charge in [-0.2, -0.15) is 0 Å². The number of benzene rings is 1. The molecule has 0 atom stereocenters. The molecule has 1 heterocycles. The monoisotopic (exact) mass is 264 g/mol. The van der Waals surface area contributed by atoms with E-state index in [0.717, 1.165) is 16.0 Å². The zero-order valence-corrected chi connectivity index (χ0v) is 10.4. The van der Waals surface area contributed by atoms with E-state index in [9.17, 15) is 10.1 Å². The molecule has 0 radical (unpaired) electrons. The minimum absolute atomic E-state index is 0.0962. The third-order valence-electron chi connectivity index (χ3n) is 2.51. The Morgan fingerprint density at radius 2 is 2.17 bits per heavy atom. The van der Waals surface area contributed by atoms with Gasteiger partial charge in [-0.3, -0.25) is 15.1 Å². The van der Waals surface area contributed by atoms with E-state index in [1.807, 2.05) is 0 Å². The van der Waals surface area contributed by atoms with Crippen molar-refractivity contribution in [1.29, 1.82) is 0 Å². The minimum Gasteiger partial charge on any atom is -0.396 e. The van der Waals surface area contributed by atoms with Crippen molar-refractivity contribution in [2.24, 2.45) is 0 Å². The van der Waals surface area contributed by atoms with Gasteiger partial charge in [-0.05, 0) is 18.6 Å². The first-order chi connectivity index (χ1) is 8.74. The van der Waals surface area contributed by atoms with Gasteiger partial charge in [-0.1, -0.05) is 0 Å². The average Bonchev–Trinajstić information content (AvgIpc) is 2.38. The molecular formula is C12H12N2O3S. The van der Waals surface area contributed by atoms with E-state index in [1.165, 1.54) is 6.07 Å². The van der Waals surface area contributed by atoms with Crippen molar-refractivity contribution in [3.63, 3.8) is 0 Å². The molecule has 0 amide bonds. The molecule has 94 valence electrons. The van der Waals surface area contributed by atoms with Crippen LogP contribution in [0.3, 0.4) is 0 Å². The summed E-state index contributed by atoms with van der Waals surface area (Å²) in [5.74, 6) is 0.776. The number of hydrogen-bond acceptors (Lipinski definition) is 5. The van der Waals surface area contributed by atoms with Crippen molar-refractivity contribution in [2.75, 3.05) is 12.4 Å². The zero-order valence-electron chi connectivity index (χ0n) is 9.57. The molecule has 2 aromatic rings. The fraction of sp³-hybridized carbons (Fsp3) is 0.250. The molecule has 0 aliphatic carbocycles. The minimum atomic E-state index is -0.384. The lowest BCUT2D eigenvalue weighted by atomic mass is 10.1. The zero-order chi connectivity index (χ0) is 13.0. The summed E-state index contributed by atoms with van der Waals surface area (Å²) in [6, 6.07) is 4.91. The highest BCUT2D eigenvalue weighted by molar-refractivity contribution is 7.99. The molecule has 0 spiro atoms. The first-order valence-corrected chi connectivity index (χ1v) is 6.47. The van der Waals surface area contributed by atoms with Crippen molar-refractivity contribution in [3.05, 3.63) is 40.7 Å². The number of non-ortho nitro benzene ring substituents is 1. The molecule has 1 N–H and O–H groups in total. The van der Waals surface area contributed by atoms with Gasteiger partial charge in [0.1, 0.15) is 0 Å². The van der Waals surface area contributed by atoms with Gasteiger partial charge in [0.15, 0.2) is 0 Å². The SMILES string of the molecule is O=[N+]([O-])c1ccc(SCCCO)c2cnccc12. The Balaban J connectivity index is 2.44. The summed E-state index contributed by atoms with van der Waals surface area (Å²) < 4.78 is 0. The van der Waals surface area contributed by atoms with Crippen LogP contribution < -0.4 is 0 Å². The van der Waals surface area contributed by atoms with E-state index in [2.05, 4.69) is 4.98 Å². The number of fused-ring (bicyclic) bond motifs is 1. The molecule has 0 fully saturated rings. The Morgan fingerprint density at radius 3 is 2.89 bits per heavy atom. The average molecular weight is 264 g/mol. The van der Waals surface area contributed by atoms with Gasteiger partial charge in [0.2, 0.25) is 0 Å². The quantitative estimate of drug-likeness (QED) is 0.389. The Bertz CT molecular complexity index is 574. The van der Waals surface area contributed by atoms with E-state index < -0.39 is 0 Å². The standard InChI is InChI=1S/C12H12N2O3S/c15-6-1-7-18-12-3-2-11(14(16)17)9-4-5-13-8-10(9)12/h2-5,8,15H,1,6-7H2. The van der Waals surface area contributed by atoms with Gasteiger partial charge in [0.25, 0.3) is 5.69 Å². The molecule has 0 saturated heterocycles. The molecule has 0 saturated carbocycles. The number of nitro benzene ring substituents is 1. The van der Waals surface area contributed by atoms with E-state index >= 15 is 0 Å². The van der Waals surface area contributed by atoms with Gasteiger partial charge >= 0.3 is 0 Å². The summed E-state index contributed by atoms with van der Waals surface area (Å²) in [4.78, 5) is 15.5. The van der Waals surface area contributed by atoms with Gasteiger partial charge in [-0.25, -0.2) is 0 Å². The predicted molar refractivity (Wildman–Crippen MR) is 70.8 cm³/mol. The number of aliphatic hydroxyl groups excluding tert-OH is 1. The van der Waals surface area contributed by atoms with Gasteiger partial charge in [0, 0.05) is 41.1 Å². The van der Waals surface area contributed by atoms with Gasteiger partial charge in [-0.15, -0.1) is 11.8 Å². The van der Waals surface area contributed by atoms with Crippen molar-refractivity contribution in [1.82, 2.24) is 4.98 Å². The Morgan fingerprint density at radius 1 is 1.33 bits per heavy atom. The normalized spacial score (nSPS) is 10.7. The van der Waals surface area contributed by atoms with Crippen LogP contribution in [0, 0.1) is 10.1 Å². The number of thioether (sulfide) groups is 1. The lowest BCUT2D eigenvalue weighted by Gasteiger charge is -2.05. The third kappa shape index (κ3) is 2.60. The number of aliphatic hydroxyl groups is 1. The predicted octanol–water partition coefficient (Wildman–Crippen LogP) is 2.62. The van der Waals surface area contributed by atoms with E-state index in [-0.39, 0.29) is 17.2 Å². The summed E-state index contributed by atoms with van der Waals surface area (Å²) in [6.07, 6.45) is 3.89. The Kier molecular flexibility index (Phi) is 4.11. The fourth-order valence-corrected chi connectivity index (χ4v) is 2.66. The second-order valence-corrected chi connectivity index (χ2v) is 4.82. The Hall–Kier alpha value is -1.66. The molecule has 5 nitrogen and oxygen atoms in total. The summed E-state index contributed by atoms with van der Waals surface area (Å²) in [7, 11) is 0. The van der Waals surface area contributed by atoms with Gasteiger partial charge in [0.05, 0.1) is 10.3 Å². The van der Waals surface area contributed by atoms with Crippen molar-refractivity contribution in [3.8, 4) is 0 Å². The summed E-state index contributed by atoms with van der Waals surface area (Å²) >= 11 is 1.57. The lowest BCUT2D eigenvalue weighted by molar-refractivity contribution is -0.383. The van der Waals surface area contributed by atoms with E-state index in [1.54, 1.807) is 36.3 Å². The second-order valence-electron chi connectivity index (χ2n) is 3.69. The van der Waals surface area contributed by atoms with Crippen LogP contribution in [0.1, 0.15) is 6.42 Å². The van der Waals surface area contributed by atoms with Crippen molar-refractivity contribution in [2.45, 2.75) is 11.3 Å². The molecule has 1 aromatic carbocycles. The van der Waals surface area contributed by atoms with Crippen LogP contribution in [0.15, 0.2) is 35.5 Å². The van der Waals surface area contributed by atoms with E-state index in [4.69, 9.17) is 5.11 Å². The first-order valence-electron chi connectivity index (χ1n) is 5.49. The highest BCUT2D eigenvalue weighted by Crippen LogP contribution is 2.33. The largest absolute Gasteiger partial charge is 0.396 e. The number of nitro groups is 1. The van der Waals surface area contributed by atoms with Crippen LogP contribution in [-0.4, -0.2) is 27.4 Å². The molecule has 0 aliphatic heterocycles. The van der Waals surface area contributed by atoms with Crippen LogP contribution >= 0.6 is 11.8 Å². The van der Waals surface area contributed by atoms with Crippen LogP contribution in [0.25, 0.3) is 10.8 Å². The maximum absolute atomic E-state index is 10.9. The summed E-state index contributed by atoms with van der Waals surface area (Å²) in [5, 5.41) is 21.1. The Labute approximate surface area is 108 Å². The number of aromatic nitrogens is 1. The molecule has 2 rings (SSSR count). The molecular weight excluding hydrogens is 252 g/mol. The molecule has 0 bridgehead atoms. The molecule has 0 unspecified atom stereocenters. The van der Waals surface area contributed by atoms with E-state index in [0.29, 0.717) is 11.8 Å². The number of pyridine rings is 1. The molecule has 0 aliphatic rings. The molecule has 6 heteroatoms. The molecule has 1 aromatic heterocycles. The van der Waals surface area contributed by atoms with Crippen LogP contribution in [-0.2, 0) is 0 Å². The highest BCUT2D eigenvalue weighted by Gasteiger charge is 2.14. The highest BCUT2D eigenvalue weighted by atomic mass is 32.2. The summed E-state index contributed by atoms with van der Waals surface area (Å²) in [6.45, 7) is 0.149. The van der Waals surface area contributed by atoms with Crippen LogP contribution in [0.4, 0.5) is 5.69 Å². The maximum atomic E-state index is 10.9. The summed E-state index contributed by atoms with van der Waals surface area (Å²) in [5.41, 5.74) is 0.0962.